The summed E-state index contributed by atoms with van der Waals surface area (Å²) in [5, 5.41) is 11.6. The topological polar surface area (TPSA) is 75.6 Å². The number of benzene rings is 1. The van der Waals surface area contributed by atoms with E-state index in [9.17, 15) is 9.59 Å². The van der Waals surface area contributed by atoms with Crippen LogP contribution in [0, 0.1) is 5.92 Å². The molecule has 1 aliphatic heterocycles. The highest BCUT2D eigenvalue weighted by atomic mass is 16.5. The lowest BCUT2D eigenvalue weighted by Crippen LogP contribution is -2.31. The number of ether oxygens (including phenoxy) is 1. The molecule has 1 heterocycles. The molecule has 1 aliphatic rings. The minimum Gasteiger partial charge on any atom is -0.478 e. The summed E-state index contributed by atoms with van der Waals surface area (Å²) in [6.07, 6.45) is 0.352. The van der Waals surface area contributed by atoms with Gasteiger partial charge in [-0.25, -0.2) is 4.79 Å². The van der Waals surface area contributed by atoms with Crippen LogP contribution < -0.4 is 5.32 Å². The Bertz CT molecular complexity index is 472. The summed E-state index contributed by atoms with van der Waals surface area (Å²) >= 11 is 0. The number of carbonyl (C=O) groups is 2. The van der Waals surface area contributed by atoms with Crippen molar-refractivity contribution in [1.82, 2.24) is 0 Å². The van der Waals surface area contributed by atoms with Gasteiger partial charge in [-0.1, -0.05) is 19.1 Å². The predicted molar refractivity (Wildman–Crippen MR) is 65.6 cm³/mol. The number of para-hydroxylation sites is 1. The summed E-state index contributed by atoms with van der Waals surface area (Å²) in [7, 11) is 0. The maximum absolute atomic E-state index is 12.0. The quantitative estimate of drug-likeness (QED) is 0.855. The van der Waals surface area contributed by atoms with E-state index in [-0.39, 0.29) is 17.4 Å². The first-order valence-corrected chi connectivity index (χ1v) is 5.84. The number of amides is 1. The summed E-state index contributed by atoms with van der Waals surface area (Å²) in [6.45, 7) is 2.51. The minimum atomic E-state index is -1.06. The number of hydrogen-bond acceptors (Lipinski definition) is 3. The van der Waals surface area contributed by atoms with Gasteiger partial charge in [-0.15, -0.1) is 0 Å². The highest BCUT2D eigenvalue weighted by Crippen LogP contribution is 2.22. The molecule has 0 aromatic heterocycles. The van der Waals surface area contributed by atoms with Gasteiger partial charge in [0.2, 0.25) is 0 Å². The largest absolute Gasteiger partial charge is 0.478 e. The second-order valence-electron chi connectivity index (χ2n) is 4.40. The molecule has 5 heteroatoms. The van der Waals surface area contributed by atoms with E-state index in [0.29, 0.717) is 12.3 Å². The van der Waals surface area contributed by atoms with Crippen LogP contribution in [-0.2, 0) is 9.53 Å². The van der Waals surface area contributed by atoms with Crippen LogP contribution >= 0.6 is 0 Å². The fraction of sp³-hybridized carbons (Fsp3) is 0.385. The molecule has 2 N–H and O–H groups in total. The van der Waals surface area contributed by atoms with Crippen LogP contribution in [0.25, 0.3) is 0 Å². The Hall–Kier alpha value is -1.88. The Kier molecular flexibility index (Phi) is 3.62. The minimum absolute atomic E-state index is 0.0801. The molecule has 1 aromatic carbocycles. The highest BCUT2D eigenvalue weighted by molar-refractivity contribution is 6.01. The second kappa shape index (κ2) is 5.18. The maximum Gasteiger partial charge on any atom is 0.337 e. The SMILES string of the molecule is CC1CCOC1C(=O)Nc1ccccc1C(=O)O. The van der Waals surface area contributed by atoms with E-state index < -0.39 is 12.1 Å². The van der Waals surface area contributed by atoms with Crippen molar-refractivity contribution in [3.8, 4) is 0 Å². The zero-order chi connectivity index (χ0) is 13.1. The normalized spacial score (nSPS) is 22.7. The number of hydrogen-bond donors (Lipinski definition) is 2. The smallest absolute Gasteiger partial charge is 0.337 e. The molecule has 1 saturated heterocycles. The Morgan fingerprint density at radius 3 is 2.72 bits per heavy atom. The maximum atomic E-state index is 12.0. The van der Waals surface area contributed by atoms with E-state index in [2.05, 4.69) is 5.32 Å². The summed E-state index contributed by atoms with van der Waals surface area (Å²) in [5.41, 5.74) is 0.384. The van der Waals surface area contributed by atoms with Gasteiger partial charge in [0, 0.05) is 6.61 Å². The van der Waals surface area contributed by atoms with Crippen LogP contribution in [0.2, 0.25) is 0 Å². The second-order valence-corrected chi connectivity index (χ2v) is 4.40. The Morgan fingerprint density at radius 2 is 2.11 bits per heavy atom. The average molecular weight is 249 g/mol. The molecule has 2 rings (SSSR count). The Labute approximate surface area is 105 Å². The van der Waals surface area contributed by atoms with E-state index in [1.165, 1.54) is 6.07 Å². The van der Waals surface area contributed by atoms with Crippen molar-refractivity contribution in [2.75, 3.05) is 11.9 Å². The fourth-order valence-electron chi connectivity index (χ4n) is 2.01. The molecule has 0 saturated carbocycles. The molecular formula is C13H15NO4. The van der Waals surface area contributed by atoms with Gasteiger partial charge in [0.15, 0.2) is 0 Å². The zero-order valence-corrected chi connectivity index (χ0v) is 10.1. The van der Waals surface area contributed by atoms with Crippen molar-refractivity contribution < 1.29 is 19.4 Å². The van der Waals surface area contributed by atoms with Crippen molar-refractivity contribution in [1.29, 1.82) is 0 Å². The van der Waals surface area contributed by atoms with E-state index in [1.807, 2.05) is 6.92 Å². The van der Waals surface area contributed by atoms with E-state index in [0.717, 1.165) is 6.42 Å². The summed E-state index contributed by atoms with van der Waals surface area (Å²) in [5.74, 6) is -1.19. The number of carbonyl (C=O) groups excluding carboxylic acids is 1. The third kappa shape index (κ3) is 2.51. The average Bonchev–Trinajstić information content (AvgIpc) is 2.76. The molecule has 18 heavy (non-hydrogen) atoms. The van der Waals surface area contributed by atoms with Gasteiger partial charge in [0.05, 0.1) is 11.3 Å². The molecule has 1 aromatic rings. The lowest BCUT2D eigenvalue weighted by atomic mass is 10.0. The van der Waals surface area contributed by atoms with E-state index in [4.69, 9.17) is 9.84 Å². The van der Waals surface area contributed by atoms with E-state index >= 15 is 0 Å². The molecule has 0 bridgehead atoms. The number of nitrogens with one attached hydrogen (secondary N) is 1. The van der Waals surface area contributed by atoms with Crippen LogP contribution in [-0.4, -0.2) is 29.7 Å². The zero-order valence-electron chi connectivity index (χ0n) is 10.1. The van der Waals surface area contributed by atoms with Gasteiger partial charge in [-0.2, -0.15) is 0 Å². The van der Waals surface area contributed by atoms with Crippen LogP contribution in [0.15, 0.2) is 24.3 Å². The summed E-state index contributed by atoms with van der Waals surface area (Å²) in [6, 6.07) is 6.33. The van der Waals surface area contributed by atoms with Crippen LogP contribution in [0.5, 0.6) is 0 Å². The highest BCUT2D eigenvalue weighted by Gasteiger charge is 2.31. The molecular weight excluding hydrogens is 234 g/mol. The van der Waals surface area contributed by atoms with Crippen molar-refractivity contribution >= 4 is 17.6 Å². The summed E-state index contributed by atoms with van der Waals surface area (Å²) in [4.78, 5) is 23.0. The van der Waals surface area contributed by atoms with Crippen molar-refractivity contribution in [2.45, 2.75) is 19.4 Å². The first kappa shape index (κ1) is 12.6. The molecule has 96 valence electrons. The van der Waals surface area contributed by atoms with Crippen LogP contribution in [0.4, 0.5) is 5.69 Å². The summed E-state index contributed by atoms with van der Waals surface area (Å²) < 4.78 is 5.34. The third-order valence-corrected chi connectivity index (χ3v) is 3.06. The molecule has 1 fully saturated rings. The van der Waals surface area contributed by atoms with Crippen LogP contribution in [0.3, 0.4) is 0 Å². The first-order valence-electron chi connectivity index (χ1n) is 5.84. The molecule has 5 nitrogen and oxygen atoms in total. The number of aromatic carboxylic acids is 1. The standard InChI is InChI=1S/C13H15NO4/c1-8-6-7-18-11(8)12(15)14-10-5-3-2-4-9(10)13(16)17/h2-5,8,11H,6-7H2,1H3,(H,14,15)(H,16,17). The molecule has 0 aliphatic carbocycles. The Balaban J connectivity index is 2.14. The van der Waals surface area contributed by atoms with E-state index in [1.54, 1.807) is 18.2 Å². The molecule has 2 atom stereocenters. The number of rotatable bonds is 3. The first-order chi connectivity index (χ1) is 8.59. The molecule has 1 amide bonds. The third-order valence-electron chi connectivity index (χ3n) is 3.06. The van der Waals surface area contributed by atoms with Gasteiger partial charge < -0.3 is 15.2 Å². The number of carboxylic acids is 1. The van der Waals surface area contributed by atoms with Crippen molar-refractivity contribution in [3.63, 3.8) is 0 Å². The van der Waals surface area contributed by atoms with Crippen molar-refractivity contribution in [3.05, 3.63) is 29.8 Å². The molecule has 0 radical (unpaired) electrons. The lowest BCUT2D eigenvalue weighted by Gasteiger charge is -2.15. The van der Waals surface area contributed by atoms with Gasteiger partial charge >= 0.3 is 5.97 Å². The van der Waals surface area contributed by atoms with Gasteiger partial charge in [0.25, 0.3) is 5.91 Å². The van der Waals surface area contributed by atoms with Crippen LogP contribution in [0.1, 0.15) is 23.7 Å². The fourth-order valence-corrected chi connectivity index (χ4v) is 2.01. The Morgan fingerprint density at radius 1 is 1.39 bits per heavy atom. The lowest BCUT2D eigenvalue weighted by molar-refractivity contribution is -0.126. The van der Waals surface area contributed by atoms with Crippen molar-refractivity contribution in [2.24, 2.45) is 5.92 Å². The monoisotopic (exact) mass is 249 g/mol. The van der Waals surface area contributed by atoms with Gasteiger partial charge in [0.1, 0.15) is 6.10 Å². The molecule has 2 unspecified atom stereocenters. The van der Waals surface area contributed by atoms with Gasteiger partial charge in [-0.3, -0.25) is 4.79 Å². The predicted octanol–water partition coefficient (Wildman–Crippen LogP) is 1.75. The number of carboxylic acid groups (broad SMARTS) is 1. The molecule has 0 spiro atoms. The van der Waals surface area contributed by atoms with Gasteiger partial charge in [-0.05, 0) is 24.5 Å². The number of anilines is 1.